The highest BCUT2D eigenvalue weighted by molar-refractivity contribution is 5.29. The standard InChI is InChI=1S/C15H26N2O3/c1-4-9-17-13(12(20-3)10-16-17)14(18)15(19)7-5-11(2)6-8-15/h10-11,14,18-19H,4-9H2,1-3H3. The Labute approximate surface area is 120 Å². The van der Waals surface area contributed by atoms with E-state index in [1.807, 2.05) is 0 Å². The van der Waals surface area contributed by atoms with Crippen molar-refractivity contribution < 1.29 is 14.9 Å². The van der Waals surface area contributed by atoms with Crippen LogP contribution in [-0.2, 0) is 6.54 Å². The minimum absolute atomic E-state index is 0.554. The Morgan fingerprint density at radius 1 is 1.50 bits per heavy atom. The summed E-state index contributed by atoms with van der Waals surface area (Å²) in [6.07, 6.45) is 4.71. The van der Waals surface area contributed by atoms with Crippen LogP contribution >= 0.6 is 0 Å². The van der Waals surface area contributed by atoms with Crippen molar-refractivity contribution in [1.82, 2.24) is 9.78 Å². The van der Waals surface area contributed by atoms with Crippen molar-refractivity contribution in [3.63, 3.8) is 0 Å². The molecule has 1 heterocycles. The molecule has 0 bridgehead atoms. The molecule has 114 valence electrons. The fourth-order valence-electron chi connectivity index (χ4n) is 2.99. The van der Waals surface area contributed by atoms with Gasteiger partial charge in [0.05, 0.1) is 18.9 Å². The second-order valence-electron chi connectivity index (χ2n) is 6.01. The molecular weight excluding hydrogens is 256 g/mol. The number of aryl methyl sites for hydroxylation is 1. The number of rotatable bonds is 5. The molecule has 0 radical (unpaired) electrons. The van der Waals surface area contributed by atoms with Gasteiger partial charge in [-0.05, 0) is 38.0 Å². The number of ether oxygens (including phenoxy) is 1. The molecule has 0 aromatic carbocycles. The summed E-state index contributed by atoms with van der Waals surface area (Å²) < 4.78 is 7.05. The average Bonchev–Trinajstić information content (AvgIpc) is 2.84. The lowest BCUT2D eigenvalue weighted by Crippen LogP contribution is -2.41. The van der Waals surface area contributed by atoms with Crippen molar-refractivity contribution in [3.8, 4) is 5.75 Å². The van der Waals surface area contributed by atoms with Gasteiger partial charge in [0.1, 0.15) is 11.8 Å². The van der Waals surface area contributed by atoms with Gasteiger partial charge >= 0.3 is 0 Å². The van der Waals surface area contributed by atoms with Crippen LogP contribution in [0.3, 0.4) is 0 Å². The molecule has 1 aromatic heterocycles. The normalized spacial score (nSPS) is 28.4. The SMILES string of the molecule is CCCn1ncc(OC)c1C(O)C1(O)CCC(C)CC1. The van der Waals surface area contributed by atoms with E-state index in [4.69, 9.17) is 4.74 Å². The molecule has 1 fully saturated rings. The van der Waals surface area contributed by atoms with Gasteiger partial charge < -0.3 is 14.9 Å². The first-order valence-corrected chi connectivity index (χ1v) is 7.52. The Hall–Kier alpha value is -1.07. The van der Waals surface area contributed by atoms with E-state index in [0.717, 1.165) is 19.3 Å². The van der Waals surface area contributed by atoms with Crippen molar-refractivity contribution in [1.29, 1.82) is 0 Å². The minimum Gasteiger partial charge on any atom is -0.493 e. The first-order chi connectivity index (χ1) is 9.51. The van der Waals surface area contributed by atoms with Crippen LogP contribution in [0.25, 0.3) is 0 Å². The van der Waals surface area contributed by atoms with Crippen molar-refractivity contribution in [2.24, 2.45) is 5.92 Å². The van der Waals surface area contributed by atoms with Gasteiger partial charge in [-0.3, -0.25) is 4.68 Å². The van der Waals surface area contributed by atoms with Crippen molar-refractivity contribution in [3.05, 3.63) is 11.9 Å². The number of aliphatic hydroxyl groups is 2. The fraction of sp³-hybridized carbons (Fsp3) is 0.800. The highest BCUT2D eigenvalue weighted by Crippen LogP contribution is 2.42. The molecule has 0 spiro atoms. The van der Waals surface area contributed by atoms with E-state index in [0.29, 0.717) is 36.7 Å². The first kappa shape index (κ1) is 15.3. The van der Waals surface area contributed by atoms with E-state index in [9.17, 15) is 10.2 Å². The summed E-state index contributed by atoms with van der Waals surface area (Å²) in [6.45, 7) is 4.96. The van der Waals surface area contributed by atoms with Gasteiger partial charge in [-0.1, -0.05) is 13.8 Å². The molecule has 1 saturated carbocycles. The lowest BCUT2D eigenvalue weighted by Gasteiger charge is -2.38. The number of aromatic nitrogens is 2. The molecule has 2 rings (SSSR count). The predicted octanol–water partition coefficient (Wildman–Crippen LogP) is 2.28. The third-order valence-electron chi connectivity index (χ3n) is 4.41. The summed E-state index contributed by atoms with van der Waals surface area (Å²) in [5.41, 5.74) is -0.461. The molecule has 1 unspecified atom stereocenters. The zero-order chi connectivity index (χ0) is 14.8. The Bertz CT molecular complexity index is 436. The monoisotopic (exact) mass is 282 g/mol. The molecule has 1 aromatic rings. The third-order valence-corrected chi connectivity index (χ3v) is 4.41. The van der Waals surface area contributed by atoms with Gasteiger partial charge in [0.25, 0.3) is 0 Å². The summed E-state index contributed by atoms with van der Waals surface area (Å²) in [4.78, 5) is 0. The molecule has 20 heavy (non-hydrogen) atoms. The predicted molar refractivity (Wildman–Crippen MR) is 76.6 cm³/mol. The summed E-state index contributed by atoms with van der Waals surface area (Å²) in [7, 11) is 1.57. The van der Waals surface area contributed by atoms with Crippen LogP contribution in [0, 0.1) is 5.92 Å². The van der Waals surface area contributed by atoms with Crippen LogP contribution in [0.4, 0.5) is 0 Å². The Kier molecular flexibility index (Phi) is 4.70. The van der Waals surface area contributed by atoms with Crippen molar-refractivity contribution in [2.75, 3.05) is 7.11 Å². The van der Waals surface area contributed by atoms with Gasteiger partial charge in [-0.15, -0.1) is 0 Å². The summed E-state index contributed by atoms with van der Waals surface area (Å²) in [5, 5.41) is 25.8. The van der Waals surface area contributed by atoms with Gasteiger partial charge in [0.15, 0.2) is 5.75 Å². The minimum atomic E-state index is -1.06. The highest BCUT2D eigenvalue weighted by atomic mass is 16.5. The molecule has 1 atom stereocenters. The number of aliphatic hydroxyl groups excluding tert-OH is 1. The largest absolute Gasteiger partial charge is 0.493 e. The molecule has 0 aliphatic heterocycles. The number of nitrogens with zero attached hydrogens (tertiary/aromatic N) is 2. The number of hydrogen-bond donors (Lipinski definition) is 2. The topological polar surface area (TPSA) is 67.5 Å². The van der Waals surface area contributed by atoms with Crippen molar-refractivity contribution >= 4 is 0 Å². The zero-order valence-electron chi connectivity index (χ0n) is 12.7. The second-order valence-corrected chi connectivity index (χ2v) is 6.01. The quantitative estimate of drug-likeness (QED) is 0.869. The molecule has 0 amide bonds. The van der Waals surface area contributed by atoms with Crippen LogP contribution in [0.5, 0.6) is 5.75 Å². The molecule has 5 nitrogen and oxygen atoms in total. The molecular formula is C15H26N2O3. The summed E-state index contributed by atoms with van der Waals surface area (Å²) in [6, 6.07) is 0. The van der Waals surface area contributed by atoms with E-state index in [-0.39, 0.29) is 0 Å². The Morgan fingerprint density at radius 2 is 2.15 bits per heavy atom. The maximum absolute atomic E-state index is 10.8. The lowest BCUT2D eigenvalue weighted by molar-refractivity contribution is -0.109. The van der Waals surface area contributed by atoms with E-state index in [1.165, 1.54) is 0 Å². The smallest absolute Gasteiger partial charge is 0.162 e. The first-order valence-electron chi connectivity index (χ1n) is 7.52. The highest BCUT2D eigenvalue weighted by Gasteiger charge is 2.42. The second kappa shape index (κ2) is 6.14. The zero-order valence-corrected chi connectivity index (χ0v) is 12.7. The van der Waals surface area contributed by atoms with Gasteiger partial charge in [0.2, 0.25) is 0 Å². The Balaban J connectivity index is 2.27. The van der Waals surface area contributed by atoms with E-state index in [1.54, 1.807) is 18.0 Å². The van der Waals surface area contributed by atoms with E-state index < -0.39 is 11.7 Å². The van der Waals surface area contributed by atoms with Crippen LogP contribution in [-0.4, -0.2) is 32.7 Å². The van der Waals surface area contributed by atoms with Gasteiger partial charge in [-0.2, -0.15) is 5.10 Å². The summed E-state index contributed by atoms with van der Waals surface area (Å²) >= 11 is 0. The van der Waals surface area contributed by atoms with E-state index >= 15 is 0 Å². The number of hydrogen-bond acceptors (Lipinski definition) is 4. The Morgan fingerprint density at radius 3 is 2.70 bits per heavy atom. The van der Waals surface area contributed by atoms with Crippen LogP contribution in [0.1, 0.15) is 57.7 Å². The average molecular weight is 282 g/mol. The third kappa shape index (κ3) is 2.83. The fourth-order valence-corrected chi connectivity index (χ4v) is 2.99. The van der Waals surface area contributed by atoms with Crippen molar-refractivity contribution in [2.45, 2.75) is 64.2 Å². The van der Waals surface area contributed by atoms with Crippen LogP contribution < -0.4 is 4.74 Å². The van der Waals surface area contributed by atoms with E-state index in [2.05, 4.69) is 18.9 Å². The van der Waals surface area contributed by atoms with Gasteiger partial charge in [0, 0.05) is 6.54 Å². The summed E-state index contributed by atoms with van der Waals surface area (Å²) in [5.74, 6) is 1.17. The molecule has 0 saturated heterocycles. The molecule has 5 heteroatoms. The molecule has 1 aliphatic carbocycles. The van der Waals surface area contributed by atoms with Crippen LogP contribution in [0.15, 0.2) is 6.20 Å². The maximum Gasteiger partial charge on any atom is 0.162 e. The number of methoxy groups -OCH3 is 1. The van der Waals surface area contributed by atoms with Gasteiger partial charge in [-0.25, -0.2) is 0 Å². The molecule has 1 aliphatic rings. The lowest BCUT2D eigenvalue weighted by atomic mass is 9.75. The molecule has 2 N–H and O–H groups in total. The van der Waals surface area contributed by atoms with Crippen LogP contribution in [0.2, 0.25) is 0 Å². The maximum atomic E-state index is 10.8.